The van der Waals surface area contributed by atoms with E-state index in [1.54, 1.807) is 0 Å². The zero-order chi connectivity index (χ0) is 13.8. The van der Waals surface area contributed by atoms with Crippen molar-refractivity contribution in [3.63, 3.8) is 0 Å². The van der Waals surface area contributed by atoms with E-state index in [9.17, 15) is 0 Å². The Morgan fingerprint density at radius 1 is 0.714 bits per heavy atom. The van der Waals surface area contributed by atoms with Gasteiger partial charge in [-0.15, -0.1) is 0 Å². The maximum absolute atomic E-state index is 5.91. The highest BCUT2D eigenvalue weighted by Gasteiger charge is 2.41. The summed E-state index contributed by atoms with van der Waals surface area (Å²) in [5, 5.41) is 0. The highest BCUT2D eigenvalue weighted by Crippen LogP contribution is 2.30. The number of aromatic nitrogens is 2. The molecule has 98 valence electrons. The van der Waals surface area contributed by atoms with Crippen molar-refractivity contribution < 1.29 is 9.47 Å². The Morgan fingerprint density at radius 3 is 1.81 bits per heavy atom. The fourth-order valence-corrected chi connectivity index (χ4v) is 3.08. The molecule has 4 nitrogen and oxygen atoms in total. The highest BCUT2D eigenvalue weighted by molar-refractivity contribution is 6.98. The molecule has 2 aromatic carbocycles. The number of para-hydroxylation sites is 2. The highest BCUT2D eigenvalue weighted by atomic mass is 16.5. The van der Waals surface area contributed by atoms with Gasteiger partial charge in [-0.25, -0.2) is 9.97 Å². The Balaban J connectivity index is 1.88. The molecular weight excluding hydrogens is 263 g/mol. The van der Waals surface area contributed by atoms with Crippen LogP contribution >= 0.6 is 0 Å². The van der Waals surface area contributed by atoms with Gasteiger partial charge in [-0.05, 0) is 23.1 Å². The van der Waals surface area contributed by atoms with Gasteiger partial charge in [0.05, 0.1) is 5.46 Å². The fourth-order valence-electron chi connectivity index (χ4n) is 3.08. The van der Waals surface area contributed by atoms with Gasteiger partial charge in [-0.3, -0.25) is 0 Å². The van der Waals surface area contributed by atoms with Crippen molar-refractivity contribution in [1.82, 2.24) is 9.97 Å². The lowest BCUT2D eigenvalue weighted by molar-refractivity contribution is 0.438. The third kappa shape index (κ3) is 1.40. The second-order valence-corrected chi connectivity index (χ2v) is 5.11. The molecule has 0 unspecified atom stereocenters. The topological polar surface area (TPSA) is 44.2 Å². The van der Waals surface area contributed by atoms with Crippen molar-refractivity contribution in [1.29, 1.82) is 0 Å². The Bertz CT molecular complexity index is 814. The quantitative estimate of drug-likeness (QED) is 0.397. The van der Waals surface area contributed by atoms with Crippen molar-refractivity contribution in [3.05, 3.63) is 54.9 Å². The van der Waals surface area contributed by atoms with E-state index in [1.807, 2.05) is 36.4 Å². The van der Waals surface area contributed by atoms with Gasteiger partial charge in [0.1, 0.15) is 17.8 Å². The van der Waals surface area contributed by atoms with Crippen molar-refractivity contribution >= 4 is 23.1 Å². The normalized spacial score (nSPS) is 13.4. The van der Waals surface area contributed by atoms with Crippen molar-refractivity contribution in [2.24, 2.45) is 0 Å². The van der Waals surface area contributed by atoms with E-state index >= 15 is 0 Å². The van der Waals surface area contributed by atoms with Crippen LogP contribution in [0.25, 0.3) is 0 Å². The van der Waals surface area contributed by atoms with E-state index in [0.29, 0.717) is 11.8 Å². The number of ether oxygens (including phenoxy) is 2. The van der Waals surface area contributed by atoms with Gasteiger partial charge in [0.15, 0.2) is 0 Å². The van der Waals surface area contributed by atoms with Crippen LogP contribution in [0.3, 0.4) is 0 Å². The molecule has 21 heavy (non-hydrogen) atoms. The maximum atomic E-state index is 5.91. The molecule has 3 heterocycles. The second kappa shape index (κ2) is 3.85. The largest absolute Gasteiger partial charge is 0.440 e. The van der Waals surface area contributed by atoms with E-state index in [-0.39, 0.29) is 6.71 Å². The Kier molecular flexibility index (Phi) is 2.00. The molecule has 0 N–H and O–H groups in total. The van der Waals surface area contributed by atoms with Gasteiger partial charge in [0.25, 0.3) is 6.71 Å². The molecule has 1 aromatic heterocycles. The van der Waals surface area contributed by atoms with Gasteiger partial charge >= 0.3 is 0 Å². The first-order valence-electron chi connectivity index (χ1n) is 6.80. The van der Waals surface area contributed by atoms with Gasteiger partial charge in [0, 0.05) is 0 Å². The standard InChI is InChI=1S/C16H9BN2O2/c1-3-7-12-10(5-1)17-11-6-2-4-8-13(11)21-16-14(17)15(20-12)18-9-19-16/h1-9H. The zero-order valence-electron chi connectivity index (χ0n) is 11.0. The first kappa shape index (κ1) is 10.9. The van der Waals surface area contributed by atoms with Gasteiger partial charge < -0.3 is 9.47 Å². The van der Waals surface area contributed by atoms with Crippen molar-refractivity contribution in [2.45, 2.75) is 0 Å². The number of hydrogen-bond acceptors (Lipinski definition) is 4. The van der Waals surface area contributed by atoms with E-state index in [2.05, 4.69) is 22.1 Å². The molecule has 3 aromatic rings. The average Bonchev–Trinajstić information content (AvgIpc) is 2.54. The van der Waals surface area contributed by atoms with Crippen LogP contribution in [-0.4, -0.2) is 16.7 Å². The summed E-state index contributed by atoms with van der Waals surface area (Å²) in [6, 6.07) is 16.1. The van der Waals surface area contributed by atoms with Crippen molar-refractivity contribution in [3.8, 4) is 23.3 Å². The third-order valence-electron chi connectivity index (χ3n) is 3.97. The summed E-state index contributed by atoms with van der Waals surface area (Å²) >= 11 is 0. The van der Waals surface area contributed by atoms with Crippen LogP contribution in [0.2, 0.25) is 0 Å². The number of nitrogens with zero attached hydrogens (tertiary/aromatic N) is 2. The van der Waals surface area contributed by atoms with E-state index in [1.165, 1.54) is 6.33 Å². The summed E-state index contributed by atoms with van der Waals surface area (Å²) in [7, 11) is 0. The minimum atomic E-state index is 0.0612. The summed E-state index contributed by atoms with van der Waals surface area (Å²) in [6.45, 7) is 0.0612. The molecule has 0 amide bonds. The molecule has 0 atom stereocenters. The number of fused-ring (bicyclic) bond motifs is 4. The van der Waals surface area contributed by atoms with Crippen LogP contribution in [0.1, 0.15) is 0 Å². The molecular formula is C16H9BN2O2. The summed E-state index contributed by atoms with van der Waals surface area (Å²) in [5.74, 6) is 2.85. The lowest BCUT2D eigenvalue weighted by atomic mass is 9.35. The van der Waals surface area contributed by atoms with Crippen LogP contribution in [0.4, 0.5) is 0 Å². The number of benzene rings is 2. The molecule has 5 rings (SSSR count). The summed E-state index contributed by atoms with van der Waals surface area (Å²) in [4.78, 5) is 8.54. The number of hydrogen-bond donors (Lipinski definition) is 0. The van der Waals surface area contributed by atoms with E-state index in [0.717, 1.165) is 27.9 Å². The number of rotatable bonds is 0. The van der Waals surface area contributed by atoms with Gasteiger partial charge in [-0.2, -0.15) is 0 Å². The van der Waals surface area contributed by atoms with E-state index < -0.39 is 0 Å². The fraction of sp³-hybridized carbons (Fsp3) is 0. The molecule has 2 aliphatic heterocycles. The first-order valence-corrected chi connectivity index (χ1v) is 6.80. The first-order chi connectivity index (χ1) is 10.4. The zero-order valence-corrected chi connectivity index (χ0v) is 11.0. The molecule has 0 bridgehead atoms. The monoisotopic (exact) mass is 272 g/mol. The second-order valence-electron chi connectivity index (χ2n) is 5.11. The molecule has 0 aliphatic carbocycles. The van der Waals surface area contributed by atoms with Crippen LogP contribution in [-0.2, 0) is 0 Å². The molecule has 0 fully saturated rings. The Morgan fingerprint density at radius 2 is 1.24 bits per heavy atom. The van der Waals surface area contributed by atoms with Gasteiger partial charge in [0.2, 0.25) is 11.8 Å². The predicted octanol–water partition coefficient (Wildman–Crippen LogP) is 1.20. The molecule has 0 saturated heterocycles. The SMILES string of the molecule is c1ccc2c(c1)Oc1ncnc3c1B2c1ccccc1O3. The van der Waals surface area contributed by atoms with Crippen LogP contribution in [0, 0.1) is 0 Å². The molecule has 5 heteroatoms. The smallest absolute Gasteiger partial charge is 0.265 e. The van der Waals surface area contributed by atoms with Crippen LogP contribution < -0.4 is 25.9 Å². The average molecular weight is 272 g/mol. The maximum Gasteiger partial charge on any atom is 0.265 e. The predicted molar refractivity (Wildman–Crippen MR) is 79.7 cm³/mol. The van der Waals surface area contributed by atoms with Crippen molar-refractivity contribution in [2.75, 3.05) is 0 Å². The Hall–Kier alpha value is -2.82. The van der Waals surface area contributed by atoms with Crippen LogP contribution in [0.15, 0.2) is 54.9 Å². The molecule has 0 radical (unpaired) electrons. The molecule has 0 spiro atoms. The molecule has 0 saturated carbocycles. The summed E-state index contributed by atoms with van der Waals surface area (Å²) < 4.78 is 11.8. The third-order valence-corrected chi connectivity index (χ3v) is 3.97. The van der Waals surface area contributed by atoms with Crippen LogP contribution in [0.5, 0.6) is 23.3 Å². The Labute approximate surface area is 121 Å². The van der Waals surface area contributed by atoms with Gasteiger partial charge in [-0.1, -0.05) is 36.4 Å². The lowest BCUT2D eigenvalue weighted by Gasteiger charge is -2.30. The summed E-state index contributed by atoms with van der Waals surface area (Å²) in [6.07, 6.45) is 1.48. The lowest BCUT2D eigenvalue weighted by Crippen LogP contribution is -2.57. The summed E-state index contributed by atoms with van der Waals surface area (Å²) in [5.41, 5.74) is 3.16. The minimum absolute atomic E-state index is 0.0612. The minimum Gasteiger partial charge on any atom is -0.440 e. The molecule has 2 aliphatic rings. The van der Waals surface area contributed by atoms with E-state index in [4.69, 9.17) is 9.47 Å².